The molecule has 0 saturated heterocycles. The lowest BCUT2D eigenvalue weighted by Crippen LogP contribution is -2.16. The van der Waals surface area contributed by atoms with Crippen LogP contribution in [-0.2, 0) is 0 Å². The smallest absolute Gasteiger partial charge is 0.256 e. The van der Waals surface area contributed by atoms with Gasteiger partial charge in [-0.3, -0.25) is 4.79 Å². The molecule has 110 valence electrons. The maximum atomic E-state index is 13.9. The number of rotatable bonds is 2. The summed E-state index contributed by atoms with van der Waals surface area (Å²) in [6.45, 7) is 5.06. The van der Waals surface area contributed by atoms with E-state index < -0.39 is 23.2 Å². The molecular formula is C16H16F2N2O. The van der Waals surface area contributed by atoms with Gasteiger partial charge in [-0.25, -0.2) is 8.78 Å². The van der Waals surface area contributed by atoms with Crippen molar-refractivity contribution in [3.8, 4) is 0 Å². The number of benzene rings is 2. The Hall–Kier alpha value is -2.43. The summed E-state index contributed by atoms with van der Waals surface area (Å²) >= 11 is 0. The van der Waals surface area contributed by atoms with Crippen molar-refractivity contribution in [2.24, 2.45) is 0 Å². The van der Waals surface area contributed by atoms with E-state index in [1.165, 1.54) is 19.1 Å². The lowest BCUT2D eigenvalue weighted by Gasteiger charge is -2.12. The van der Waals surface area contributed by atoms with Crippen molar-refractivity contribution in [3.05, 3.63) is 58.2 Å². The Balaban J connectivity index is 2.40. The summed E-state index contributed by atoms with van der Waals surface area (Å²) in [4.78, 5) is 12.2. The summed E-state index contributed by atoms with van der Waals surface area (Å²) in [5.41, 5.74) is 7.86. The fraction of sp³-hybridized carbons (Fsp3) is 0.188. The van der Waals surface area contributed by atoms with E-state index in [-0.39, 0.29) is 5.56 Å². The van der Waals surface area contributed by atoms with Crippen molar-refractivity contribution in [1.29, 1.82) is 0 Å². The second-order valence-electron chi connectivity index (χ2n) is 5.03. The monoisotopic (exact) mass is 290 g/mol. The van der Waals surface area contributed by atoms with Crippen LogP contribution < -0.4 is 11.1 Å². The molecule has 0 aliphatic heterocycles. The number of hydrogen-bond donors (Lipinski definition) is 2. The van der Waals surface area contributed by atoms with Gasteiger partial charge in [0.05, 0.1) is 0 Å². The first-order chi connectivity index (χ1) is 9.81. The molecule has 0 aliphatic carbocycles. The molecule has 0 saturated carbocycles. The van der Waals surface area contributed by atoms with Crippen LogP contribution in [0.5, 0.6) is 0 Å². The molecule has 2 rings (SSSR count). The van der Waals surface area contributed by atoms with E-state index in [1.54, 1.807) is 13.0 Å². The van der Waals surface area contributed by atoms with Crippen molar-refractivity contribution in [1.82, 2.24) is 0 Å². The second-order valence-corrected chi connectivity index (χ2v) is 5.03. The molecule has 0 unspecified atom stereocenters. The molecule has 0 radical (unpaired) electrons. The molecule has 1 amide bonds. The third-order valence-electron chi connectivity index (χ3n) is 3.38. The van der Waals surface area contributed by atoms with E-state index in [4.69, 9.17) is 5.73 Å². The highest BCUT2D eigenvalue weighted by Crippen LogP contribution is 2.24. The molecule has 5 heteroatoms. The number of aryl methyl sites for hydroxylation is 3. The predicted molar refractivity (Wildman–Crippen MR) is 79.4 cm³/mol. The molecule has 0 heterocycles. The third-order valence-corrected chi connectivity index (χ3v) is 3.38. The van der Waals surface area contributed by atoms with Crippen LogP contribution >= 0.6 is 0 Å². The maximum absolute atomic E-state index is 13.9. The van der Waals surface area contributed by atoms with E-state index >= 15 is 0 Å². The first-order valence-corrected chi connectivity index (χ1v) is 6.44. The van der Waals surface area contributed by atoms with Crippen LogP contribution in [0.1, 0.15) is 27.0 Å². The van der Waals surface area contributed by atoms with E-state index in [9.17, 15) is 13.6 Å². The fourth-order valence-corrected chi connectivity index (χ4v) is 2.07. The van der Waals surface area contributed by atoms with Crippen molar-refractivity contribution in [2.75, 3.05) is 11.1 Å². The van der Waals surface area contributed by atoms with Crippen LogP contribution in [0.2, 0.25) is 0 Å². The van der Waals surface area contributed by atoms with Gasteiger partial charge < -0.3 is 11.1 Å². The van der Waals surface area contributed by atoms with Gasteiger partial charge in [-0.2, -0.15) is 0 Å². The molecule has 2 aromatic carbocycles. The van der Waals surface area contributed by atoms with Gasteiger partial charge in [0.15, 0.2) is 5.82 Å². The molecule has 0 aromatic heterocycles. The van der Waals surface area contributed by atoms with E-state index in [2.05, 4.69) is 5.32 Å². The zero-order valence-corrected chi connectivity index (χ0v) is 12.1. The van der Waals surface area contributed by atoms with Crippen LogP contribution in [0.15, 0.2) is 24.3 Å². The summed E-state index contributed by atoms with van der Waals surface area (Å²) in [5.74, 6) is -2.19. The zero-order chi connectivity index (χ0) is 15.7. The van der Waals surface area contributed by atoms with Gasteiger partial charge >= 0.3 is 0 Å². The Morgan fingerprint density at radius 3 is 2.38 bits per heavy atom. The lowest BCUT2D eigenvalue weighted by atomic mass is 10.0. The number of carbonyl (C=O) groups excluding carboxylic acids is 1. The zero-order valence-electron chi connectivity index (χ0n) is 12.1. The van der Waals surface area contributed by atoms with Gasteiger partial charge in [0.25, 0.3) is 5.91 Å². The average Bonchev–Trinajstić information content (AvgIpc) is 2.43. The lowest BCUT2D eigenvalue weighted by molar-refractivity contribution is 0.102. The quantitative estimate of drug-likeness (QED) is 0.828. The average molecular weight is 290 g/mol. The van der Waals surface area contributed by atoms with Crippen molar-refractivity contribution in [3.63, 3.8) is 0 Å². The Morgan fingerprint density at radius 1 is 1.05 bits per heavy atom. The number of nitrogens with two attached hydrogens (primary N) is 1. The number of nitrogens with one attached hydrogen (secondary N) is 1. The van der Waals surface area contributed by atoms with Gasteiger partial charge in [0, 0.05) is 11.3 Å². The Kier molecular flexibility index (Phi) is 3.93. The van der Waals surface area contributed by atoms with Gasteiger partial charge in [-0.05, 0) is 49.6 Å². The highest BCUT2D eigenvalue weighted by molar-refractivity contribution is 6.06. The Morgan fingerprint density at radius 2 is 1.71 bits per heavy atom. The number of anilines is 2. The number of amides is 1. The fourth-order valence-electron chi connectivity index (χ4n) is 2.07. The van der Waals surface area contributed by atoms with Crippen molar-refractivity contribution < 1.29 is 13.6 Å². The first kappa shape index (κ1) is 15.0. The molecule has 0 atom stereocenters. The molecule has 3 nitrogen and oxygen atoms in total. The molecule has 2 aromatic rings. The molecule has 0 spiro atoms. The number of carbonyl (C=O) groups is 1. The van der Waals surface area contributed by atoms with E-state index in [0.717, 1.165) is 11.6 Å². The van der Waals surface area contributed by atoms with Gasteiger partial charge in [0.1, 0.15) is 11.5 Å². The number of hydrogen-bond acceptors (Lipinski definition) is 2. The molecule has 0 aliphatic rings. The van der Waals surface area contributed by atoms with Crippen LogP contribution in [0.3, 0.4) is 0 Å². The Bertz CT molecular complexity index is 727. The van der Waals surface area contributed by atoms with Crippen LogP contribution in [0.25, 0.3) is 0 Å². The molecule has 21 heavy (non-hydrogen) atoms. The normalized spacial score (nSPS) is 10.5. The minimum absolute atomic E-state index is 0.256. The van der Waals surface area contributed by atoms with Crippen molar-refractivity contribution in [2.45, 2.75) is 20.8 Å². The standard InChI is InChI=1S/C16H16F2N2O/c1-8-4-5-12(17)15(14(8)18)20-16(21)11-7-13(19)10(3)6-9(11)2/h4-7H,19H2,1-3H3,(H,20,21). The van der Waals surface area contributed by atoms with Crippen LogP contribution in [0, 0.1) is 32.4 Å². The summed E-state index contributed by atoms with van der Waals surface area (Å²) < 4.78 is 27.6. The number of halogens is 2. The van der Waals surface area contributed by atoms with Gasteiger partial charge in [-0.15, -0.1) is 0 Å². The summed E-state index contributed by atoms with van der Waals surface area (Å²) in [6, 6.07) is 5.69. The van der Waals surface area contributed by atoms with Gasteiger partial charge in [0.2, 0.25) is 0 Å². The third kappa shape index (κ3) is 2.86. The molecule has 0 fully saturated rings. The Labute approximate surface area is 121 Å². The van der Waals surface area contributed by atoms with Gasteiger partial charge in [-0.1, -0.05) is 12.1 Å². The summed E-state index contributed by atoms with van der Waals surface area (Å²) in [7, 11) is 0. The van der Waals surface area contributed by atoms with E-state index in [1.807, 2.05) is 6.92 Å². The minimum Gasteiger partial charge on any atom is -0.398 e. The second kappa shape index (κ2) is 5.52. The van der Waals surface area contributed by atoms with E-state index in [0.29, 0.717) is 16.8 Å². The van der Waals surface area contributed by atoms with Crippen LogP contribution in [-0.4, -0.2) is 5.91 Å². The minimum atomic E-state index is -0.816. The molecular weight excluding hydrogens is 274 g/mol. The summed E-state index contributed by atoms with van der Waals surface area (Å²) in [5, 5.41) is 2.28. The summed E-state index contributed by atoms with van der Waals surface area (Å²) in [6.07, 6.45) is 0. The highest BCUT2D eigenvalue weighted by Gasteiger charge is 2.17. The largest absolute Gasteiger partial charge is 0.398 e. The topological polar surface area (TPSA) is 55.1 Å². The number of nitrogen functional groups attached to an aromatic ring is 1. The molecule has 0 bridgehead atoms. The molecule has 3 N–H and O–H groups in total. The predicted octanol–water partition coefficient (Wildman–Crippen LogP) is 3.72. The SMILES string of the molecule is Cc1cc(C)c(C(=O)Nc2c(F)ccc(C)c2F)cc1N. The first-order valence-electron chi connectivity index (χ1n) is 6.44. The van der Waals surface area contributed by atoms with Crippen molar-refractivity contribution >= 4 is 17.3 Å². The highest BCUT2D eigenvalue weighted by atomic mass is 19.1. The maximum Gasteiger partial charge on any atom is 0.256 e. The van der Waals surface area contributed by atoms with Crippen LogP contribution in [0.4, 0.5) is 20.2 Å².